The van der Waals surface area contributed by atoms with Gasteiger partial charge in [0, 0.05) is 39.2 Å². The van der Waals surface area contributed by atoms with Gasteiger partial charge in [0.15, 0.2) is 0 Å². The molecule has 1 rings (SSSR count). The number of ether oxygens (including phenoxy) is 1. The van der Waals surface area contributed by atoms with Gasteiger partial charge in [-0.2, -0.15) is 0 Å². The Hall–Kier alpha value is -1.40. The van der Waals surface area contributed by atoms with Gasteiger partial charge in [0.05, 0.1) is 12.7 Å². The smallest absolute Gasteiger partial charge is 0.137 e. The molecule has 6 nitrogen and oxygen atoms in total. The van der Waals surface area contributed by atoms with Crippen LogP contribution in [0.5, 0.6) is 0 Å². The van der Waals surface area contributed by atoms with E-state index in [2.05, 4.69) is 22.2 Å². The fourth-order valence-corrected chi connectivity index (χ4v) is 2.14. The van der Waals surface area contributed by atoms with E-state index in [-0.39, 0.29) is 0 Å². The van der Waals surface area contributed by atoms with Crippen molar-refractivity contribution in [3.63, 3.8) is 0 Å². The molecular weight excluding hydrogens is 268 g/mol. The van der Waals surface area contributed by atoms with Crippen LogP contribution in [0, 0.1) is 6.92 Å². The van der Waals surface area contributed by atoms with Gasteiger partial charge in [0.25, 0.3) is 0 Å². The van der Waals surface area contributed by atoms with Crippen molar-refractivity contribution in [3.05, 3.63) is 11.4 Å². The molecule has 0 amide bonds. The molecule has 1 aromatic heterocycles. The predicted molar refractivity (Wildman–Crippen MR) is 86.1 cm³/mol. The van der Waals surface area contributed by atoms with E-state index in [9.17, 15) is 5.11 Å². The molecule has 0 aliphatic carbocycles. The van der Waals surface area contributed by atoms with Crippen molar-refractivity contribution in [2.24, 2.45) is 0 Å². The monoisotopic (exact) mass is 296 g/mol. The topological polar surface area (TPSA) is 70.5 Å². The van der Waals surface area contributed by atoms with Gasteiger partial charge in [0.1, 0.15) is 17.5 Å². The van der Waals surface area contributed by atoms with Gasteiger partial charge in [-0.25, -0.2) is 9.97 Å². The minimum atomic E-state index is -0.536. The average Bonchev–Trinajstić information content (AvgIpc) is 2.46. The summed E-state index contributed by atoms with van der Waals surface area (Å²) in [4.78, 5) is 11.1. The van der Waals surface area contributed by atoms with Crippen LogP contribution in [-0.4, -0.2) is 55.0 Å². The molecule has 120 valence electrons. The highest BCUT2D eigenvalue weighted by atomic mass is 16.5. The molecule has 1 unspecified atom stereocenters. The summed E-state index contributed by atoms with van der Waals surface area (Å²) < 4.78 is 4.97. The van der Waals surface area contributed by atoms with Gasteiger partial charge >= 0.3 is 0 Å². The number of rotatable bonds is 9. The third-order valence-corrected chi connectivity index (χ3v) is 3.23. The zero-order chi connectivity index (χ0) is 15.8. The molecular formula is C15H28N4O2. The molecule has 1 atom stereocenters. The van der Waals surface area contributed by atoms with E-state index in [4.69, 9.17) is 4.74 Å². The Morgan fingerprint density at radius 2 is 2.05 bits per heavy atom. The molecule has 0 aromatic carbocycles. The molecule has 1 heterocycles. The normalized spacial score (nSPS) is 12.3. The Morgan fingerprint density at radius 1 is 1.33 bits per heavy atom. The number of nitrogens with one attached hydrogen (secondary N) is 1. The number of hydrogen-bond donors (Lipinski definition) is 2. The van der Waals surface area contributed by atoms with Crippen LogP contribution in [0.1, 0.15) is 31.7 Å². The van der Waals surface area contributed by atoms with E-state index in [0.29, 0.717) is 13.2 Å². The molecule has 0 radical (unpaired) electrons. The number of aromatic nitrogens is 2. The minimum Gasteiger partial charge on any atom is -0.389 e. The Balaban J connectivity index is 2.98. The maximum absolute atomic E-state index is 9.88. The summed E-state index contributed by atoms with van der Waals surface area (Å²) in [7, 11) is 3.51. The summed E-state index contributed by atoms with van der Waals surface area (Å²) in [6.07, 6.45) is 1.29. The first kappa shape index (κ1) is 17.7. The van der Waals surface area contributed by atoms with E-state index < -0.39 is 6.10 Å². The molecule has 1 aromatic rings. The van der Waals surface area contributed by atoms with Gasteiger partial charge in [-0.05, 0) is 13.3 Å². The van der Waals surface area contributed by atoms with Crippen LogP contribution >= 0.6 is 0 Å². The highest BCUT2D eigenvalue weighted by molar-refractivity contribution is 5.58. The number of anilines is 2. The fraction of sp³-hybridized carbons (Fsp3) is 0.733. The third kappa shape index (κ3) is 5.13. The standard InChI is InChI=1S/C15H28N4O2/c1-6-8-16-14-11(3)15(18-13(7-2)17-14)19(4)9-12(20)10-21-5/h12,20H,6-10H2,1-5H3,(H,16,17,18). The Morgan fingerprint density at radius 3 is 2.62 bits per heavy atom. The van der Waals surface area contributed by atoms with E-state index in [0.717, 1.165) is 42.4 Å². The molecule has 0 aliphatic rings. The van der Waals surface area contributed by atoms with E-state index >= 15 is 0 Å². The summed E-state index contributed by atoms with van der Waals surface area (Å²) in [5.74, 6) is 2.55. The summed E-state index contributed by atoms with van der Waals surface area (Å²) in [6.45, 7) is 7.84. The third-order valence-electron chi connectivity index (χ3n) is 3.23. The zero-order valence-corrected chi connectivity index (χ0v) is 13.8. The lowest BCUT2D eigenvalue weighted by molar-refractivity contribution is 0.0694. The Kier molecular flexibility index (Phi) is 7.39. The Labute approximate surface area is 127 Å². The number of aliphatic hydroxyl groups excluding tert-OH is 1. The van der Waals surface area contributed by atoms with Crippen LogP contribution in [0.4, 0.5) is 11.6 Å². The van der Waals surface area contributed by atoms with E-state index in [1.807, 2.05) is 25.8 Å². The van der Waals surface area contributed by atoms with Crippen molar-refractivity contribution >= 4 is 11.6 Å². The van der Waals surface area contributed by atoms with Gasteiger partial charge in [0.2, 0.25) is 0 Å². The zero-order valence-electron chi connectivity index (χ0n) is 13.8. The maximum Gasteiger partial charge on any atom is 0.137 e. The summed E-state index contributed by atoms with van der Waals surface area (Å²) >= 11 is 0. The number of nitrogens with zero attached hydrogens (tertiary/aromatic N) is 3. The molecule has 0 aliphatic heterocycles. The van der Waals surface area contributed by atoms with Gasteiger partial charge in [-0.15, -0.1) is 0 Å². The van der Waals surface area contributed by atoms with Crippen LogP contribution in [-0.2, 0) is 11.2 Å². The lowest BCUT2D eigenvalue weighted by atomic mass is 10.2. The second kappa shape index (κ2) is 8.79. The SMILES string of the molecule is CCCNc1nc(CC)nc(N(C)CC(O)COC)c1C. The van der Waals surface area contributed by atoms with Gasteiger partial charge < -0.3 is 20.1 Å². The molecule has 0 saturated heterocycles. The summed E-state index contributed by atoms with van der Waals surface area (Å²) in [5.41, 5.74) is 1.01. The molecule has 0 fully saturated rings. The molecule has 0 saturated carbocycles. The lowest BCUT2D eigenvalue weighted by Gasteiger charge is -2.24. The summed E-state index contributed by atoms with van der Waals surface area (Å²) in [5, 5.41) is 13.2. The quantitative estimate of drug-likeness (QED) is 0.721. The predicted octanol–water partition coefficient (Wildman–Crippen LogP) is 1.61. The highest BCUT2D eigenvalue weighted by Gasteiger charge is 2.16. The fourth-order valence-electron chi connectivity index (χ4n) is 2.14. The van der Waals surface area contributed by atoms with Gasteiger partial charge in [-0.1, -0.05) is 13.8 Å². The van der Waals surface area contributed by atoms with E-state index in [1.54, 1.807) is 7.11 Å². The molecule has 6 heteroatoms. The van der Waals surface area contributed by atoms with Crippen molar-refractivity contribution in [2.45, 2.75) is 39.7 Å². The molecule has 2 N–H and O–H groups in total. The second-order valence-corrected chi connectivity index (χ2v) is 5.21. The van der Waals surface area contributed by atoms with Gasteiger partial charge in [-0.3, -0.25) is 0 Å². The summed E-state index contributed by atoms with van der Waals surface area (Å²) in [6, 6.07) is 0. The van der Waals surface area contributed by atoms with Crippen molar-refractivity contribution in [1.82, 2.24) is 9.97 Å². The van der Waals surface area contributed by atoms with Crippen LogP contribution in [0.2, 0.25) is 0 Å². The number of aliphatic hydroxyl groups is 1. The maximum atomic E-state index is 9.88. The number of methoxy groups -OCH3 is 1. The number of aryl methyl sites for hydroxylation is 1. The first-order chi connectivity index (χ1) is 10.0. The average molecular weight is 296 g/mol. The van der Waals surface area contributed by atoms with Crippen LogP contribution in [0.3, 0.4) is 0 Å². The second-order valence-electron chi connectivity index (χ2n) is 5.21. The van der Waals surface area contributed by atoms with Crippen LogP contribution in [0.25, 0.3) is 0 Å². The Bertz CT molecular complexity index is 440. The van der Waals surface area contributed by atoms with Crippen molar-refractivity contribution in [2.75, 3.05) is 44.1 Å². The van der Waals surface area contributed by atoms with Crippen LogP contribution in [0.15, 0.2) is 0 Å². The first-order valence-corrected chi connectivity index (χ1v) is 7.52. The van der Waals surface area contributed by atoms with Crippen LogP contribution < -0.4 is 10.2 Å². The highest BCUT2D eigenvalue weighted by Crippen LogP contribution is 2.23. The molecule has 0 bridgehead atoms. The van der Waals surface area contributed by atoms with E-state index in [1.165, 1.54) is 0 Å². The largest absolute Gasteiger partial charge is 0.389 e. The lowest BCUT2D eigenvalue weighted by Crippen LogP contribution is -2.33. The number of hydrogen-bond acceptors (Lipinski definition) is 6. The van der Waals surface area contributed by atoms with Crippen molar-refractivity contribution in [3.8, 4) is 0 Å². The first-order valence-electron chi connectivity index (χ1n) is 7.52. The van der Waals surface area contributed by atoms with Crippen molar-refractivity contribution in [1.29, 1.82) is 0 Å². The number of likely N-dealkylation sites (N-methyl/N-ethyl adjacent to an activating group) is 1. The van der Waals surface area contributed by atoms with Crippen molar-refractivity contribution < 1.29 is 9.84 Å². The molecule has 21 heavy (non-hydrogen) atoms. The molecule has 0 spiro atoms. The minimum absolute atomic E-state index is 0.316.